The van der Waals surface area contributed by atoms with E-state index in [1.54, 1.807) is 17.5 Å². The zero-order valence-electron chi connectivity index (χ0n) is 11.1. The van der Waals surface area contributed by atoms with Crippen molar-refractivity contribution in [2.24, 2.45) is 5.92 Å². The van der Waals surface area contributed by atoms with Gasteiger partial charge in [0.1, 0.15) is 4.88 Å². The Bertz CT molecular complexity index is 430. The molecule has 5 heteroatoms. The van der Waals surface area contributed by atoms with E-state index in [4.69, 9.17) is 4.74 Å². The van der Waals surface area contributed by atoms with Gasteiger partial charge >= 0.3 is 5.97 Å². The van der Waals surface area contributed by atoms with Gasteiger partial charge in [-0.1, -0.05) is 25.8 Å². The Labute approximate surface area is 117 Å². The molecule has 1 amide bonds. The number of thiophene rings is 1. The highest BCUT2D eigenvalue weighted by atomic mass is 32.1. The van der Waals surface area contributed by atoms with Crippen LogP contribution >= 0.6 is 11.3 Å². The van der Waals surface area contributed by atoms with Gasteiger partial charge in [0, 0.05) is 6.04 Å². The summed E-state index contributed by atoms with van der Waals surface area (Å²) in [6.07, 6.45) is 4.57. The van der Waals surface area contributed by atoms with Gasteiger partial charge in [0.2, 0.25) is 0 Å². The van der Waals surface area contributed by atoms with Crippen LogP contribution in [0.1, 0.15) is 42.3 Å². The van der Waals surface area contributed by atoms with Crippen molar-refractivity contribution in [2.45, 2.75) is 38.6 Å². The molecule has 19 heavy (non-hydrogen) atoms. The molecule has 0 unspecified atom stereocenters. The van der Waals surface area contributed by atoms with Crippen LogP contribution in [0.5, 0.6) is 0 Å². The van der Waals surface area contributed by atoms with Crippen LogP contribution in [0.15, 0.2) is 17.5 Å². The molecule has 0 bridgehead atoms. The highest BCUT2D eigenvalue weighted by molar-refractivity contribution is 7.11. The number of nitrogens with one attached hydrogen (secondary N) is 1. The normalized spacial score (nSPS) is 22.8. The molecule has 1 aliphatic rings. The third-order valence-corrected chi connectivity index (χ3v) is 4.36. The summed E-state index contributed by atoms with van der Waals surface area (Å²) in [5.74, 6) is -0.129. The number of carbonyl (C=O) groups is 2. The second-order valence-electron chi connectivity index (χ2n) is 4.99. The number of amides is 1. The summed E-state index contributed by atoms with van der Waals surface area (Å²) in [5, 5.41) is 4.76. The third kappa shape index (κ3) is 4.06. The highest BCUT2D eigenvalue weighted by Gasteiger charge is 2.23. The molecule has 1 heterocycles. The summed E-state index contributed by atoms with van der Waals surface area (Å²) in [6.45, 7) is 1.96. The van der Waals surface area contributed by atoms with E-state index in [9.17, 15) is 9.59 Å². The molecule has 2 atom stereocenters. The van der Waals surface area contributed by atoms with Crippen molar-refractivity contribution in [1.82, 2.24) is 5.32 Å². The van der Waals surface area contributed by atoms with Gasteiger partial charge in [-0.25, -0.2) is 4.79 Å². The van der Waals surface area contributed by atoms with Crippen molar-refractivity contribution >= 4 is 23.2 Å². The van der Waals surface area contributed by atoms with Crippen LogP contribution in [0.25, 0.3) is 0 Å². The van der Waals surface area contributed by atoms with Crippen LogP contribution in [0.3, 0.4) is 0 Å². The van der Waals surface area contributed by atoms with E-state index < -0.39 is 5.97 Å². The molecule has 0 aliphatic heterocycles. The zero-order valence-corrected chi connectivity index (χ0v) is 11.9. The Morgan fingerprint density at radius 2 is 2.21 bits per heavy atom. The Morgan fingerprint density at radius 1 is 1.42 bits per heavy atom. The van der Waals surface area contributed by atoms with Crippen molar-refractivity contribution in [3.8, 4) is 0 Å². The van der Waals surface area contributed by atoms with Gasteiger partial charge in [0.15, 0.2) is 6.61 Å². The van der Waals surface area contributed by atoms with Crippen LogP contribution in [-0.2, 0) is 9.53 Å². The fraction of sp³-hybridized carbons (Fsp3) is 0.571. The molecule has 1 N–H and O–H groups in total. The van der Waals surface area contributed by atoms with E-state index in [0.717, 1.165) is 19.3 Å². The fourth-order valence-electron chi connectivity index (χ4n) is 2.38. The molecule has 1 aromatic rings. The van der Waals surface area contributed by atoms with Crippen LogP contribution < -0.4 is 5.32 Å². The maximum Gasteiger partial charge on any atom is 0.348 e. The predicted molar refractivity (Wildman–Crippen MR) is 74.2 cm³/mol. The van der Waals surface area contributed by atoms with E-state index >= 15 is 0 Å². The van der Waals surface area contributed by atoms with Crippen LogP contribution in [0.2, 0.25) is 0 Å². The Kier molecular flexibility index (Phi) is 4.96. The molecule has 1 aromatic heterocycles. The lowest BCUT2D eigenvalue weighted by Gasteiger charge is -2.29. The topological polar surface area (TPSA) is 55.4 Å². The molecule has 104 valence electrons. The van der Waals surface area contributed by atoms with Gasteiger partial charge < -0.3 is 10.1 Å². The summed E-state index contributed by atoms with van der Waals surface area (Å²) in [5.41, 5.74) is 0. The number of rotatable bonds is 4. The van der Waals surface area contributed by atoms with Gasteiger partial charge in [0.25, 0.3) is 5.91 Å². The minimum atomic E-state index is -0.429. The lowest BCUT2D eigenvalue weighted by Crippen LogP contribution is -2.42. The van der Waals surface area contributed by atoms with Gasteiger partial charge in [-0.05, 0) is 30.2 Å². The summed E-state index contributed by atoms with van der Waals surface area (Å²) in [7, 11) is 0. The number of hydrogen-bond donors (Lipinski definition) is 1. The van der Waals surface area contributed by atoms with Gasteiger partial charge in [-0.3, -0.25) is 4.79 Å². The first-order valence-corrected chi connectivity index (χ1v) is 7.55. The van der Waals surface area contributed by atoms with E-state index in [1.807, 2.05) is 0 Å². The predicted octanol–water partition coefficient (Wildman–Crippen LogP) is 2.60. The smallest absolute Gasteiger partial charge is 0.348 e. The van der Waals surface area contributed by atoms with E-state index in [0.29, 0.717) is 10.8 Å². The van der Waals surface area contributed by atoms with E-state index in [-0.39, 0.29) is 18.6 Å². The molecule has 4 nitrogen and oxygen atoms in total. The van der Waals surface area contributed by atoms with Gasteiger partial charge in [0.05, 0.1) is 0 Å². The minimum absolute atomic E-state index is 0.194. The summed E-state index contributed by atoms with van der Waals surface area (Å²) >= 11 is 1.31. The highest BCUT2D eigenvalue weighted by Crippen LogP contribution is 2.23. The maximum absolute atomic E-state index is 11.7. The van der Waals surface area contributed by atoms with Crippen molar-refractivity contribution in [2.75, 3.05) is 6.61 Å². The van der Waals surface area contributed by atoms with Gasteiger partial charge in [-0.15, -0.1) is 11.3 Å². The lowest BCUT2D eigenvalue weighted by molar-refractivity contribution is -0.125. The third-order valence-electron chi connectivity index (χ3n) is 3.51. The van der Waals surface area contributed by atoms with Crippen molar-refractivity contribution in [3.05, 3.63) is 22.4 Å². The zero-order chi connectivity index (χ0) is 13.7. The van der Waals surface area contributed by atoms with E-state index in [1.165, 1.54) is 17.8 Å². The summed E-state index contributed by atoms with van der Waals surface area (Å²) in [4.78, 5) is 23.8. The quantitative estimate of drug-likeness (QED) is 0.863. The Balaban J connectivity index is 1.74. The van der Waals surface area contributed by atoms with Crippen molar-refractivity contribution in [1.29, 1.82) is 0 Å². The second-order valence-corrected chi connectivity index (χ2v) is 5.94. The second kappa shape index (κ2) is 6.70. The van der Waals surface area contributed by atoms with Crippen molar-refractivity contribution < 1.29 is 14.3 Å². The van der Waals surface area contributed by atoms with Gasteiger partial charge in [-0.2, -0.15) is 0 Å². The SMILES string of the molecule is C[C@H]1CCCC[C@@H]1NC(=O)COC(=O)c1cccs1. The molecule has 0 aromatic carbocycles. The summed E-state index contributed by atoms with van der Waals surface area (Å²) < 4.78 is 4.98. The number of esters is 1. The monoisotopic (exact) mass is 281 g/mol. The van der Waals surface area contributed by atoms with Crippen LogP contribution in [-0.4, -0.2) is 24.5 Å². The average Bonchev–Trinajstić information content (AvgIpc) is 2.93. The first kappa shape index (κ1) is 14.1. The molecule has 1 saturated carbocycles. The number of ether oxygens (including phenoxy) is 1. The molecular formula is C14H19NO3S. The van der Waals surface area contributed by atoms with Crippen LogP contribution in [0, 0.1) is 5.92 Å². The molecule has 1 fully saturated rings. The minimum Gasteiger partial charge on any atom is -0.451 e. The Morgan fingerprint density at radius 3 is 2.89 bits per heavy atom. The van der Waals surface area contributed by atoms with E-state index in [2.05, 4.69) is 12.2 Å². The van der Waals surface area contributed by atoms with Crippen molar-refractivity contribution in [3.63, 3.8) is 0 Å². The maximum atomic E-state index is 11.7. The first-order chi connectivity index (χ1) is 9.16. The largest absolute Gasteiger partial charge is 0.451 e. The number of hydrogen-bond acceptors (Lipinski definition) is 4. The molecule has 1 aliphatic carbocycles. The molecule has 0 saturated heterocycles. The molecule has 2 rings (SSSR count). The molecular weight excluding hydrogens is 262 g/mol. The fourth-order valence-corrected chi connectivity index (χ4v) is 2.99. The number of carbonyl (C=O) groups excluding carboxylic acids is 2. The molecule has 0 spiro atoms. The average molecular weight is 281 g/mol. The first-order valence-electron chi connectivity index (χ1n) is 6.67. The standard InChI is InChI=1S/C14H19NO3S/c1-10-5-2-3-6-11(10)15-13(16)9-18-14(17)12-7-4-8-19-12/h4,7-8,10-11H,2-3,5-6,9H2,1H3,(H,15,16)/t10-,11-/m0/s1. The Hall–Kier alpha value is -1.36. The lowest BCUT2D eigenvalue weighted by atomic mass is 9.86. The summed E-state index contributed by atoms with van der Waals surface area (Å²) in [6, 6.07) is 3.70. The van der Waals surface area contributed by atoms with Crippen LogP contribution in [0.4, 0.5) is 0 Å². The molecule has 0 radical (unpaired) electrons.